The zero-order valence-electron chi connectivity index (χ0n) is 18.6. The smallest absolute Gasteiger partial charge is 0.300 e. The first kappa shape index (κ1) is 21.4. The van der Waals surface area contributed by atoms with Gasteiger partial charge in [0.15, 0.2) is 0 Å². The molecule has 6 rings (SSSR count). The zero-order valence-corrected chi connectivity index (χ0v) is 19.3. The molecule has 0 saturated carbocycles. The highest BCUT2D eigenvalue weighted by molar-refractivity contribution is 6.52. The Bertz CT molecular complexity index is 1550. The molecule has 0 spiro atoms. The van der Waals surface area contributed by atoms with Gasteiger partial charge >= 0.3 is 0 Å². The fraction of sp³-hybridized carbons (Fsp3) is 0.103. The van der Waals surface area contributed by atoms with E-state index in [-0.39, 0.29) is 11.3 Å². The summed E-state index contributed by atoms with van der Waals surface area (Å²) in [5.74, 6) is -0.888. The number of carbonyl (C=O) groups is 2. The number of aliphatic hydroxyl groups excluding tert-OH is 1. The van der Waals surface area contributed by atoms with Crippen LogP contribution in [0, 0.1) is 0 Å². The average molecular weight is 482 g/mol. The van der Waals surface area contributed by atoms with Crippen molar-refractivity contribution < 1.29 is 19.4 Å². The minimum Gasteiger partial charge on any atom is -0.507 e. The zero-order chi connectivity index (χ0) is 24.1. The summed E-state index contributed by atoms with van der Waals surface area (Å²) in [6.07, 6.45) is 0.722. The third-order valence-corrected chi connectivity index (χ3v) is 6.85. The van der Waals surface area contributed by atoms with Gasteiger partial charge in [-0.3, -0.25) is 14.5 Å². The fourth-order valence-electron chi connectivity index (χ4n) is 5.00. The summed E-state index contributed by atoms with van der Waals surface area (Å²) in [5, 5.41) is 13.8. The van der Waals surface area contributed by atoms with Crippen LogP contribution in [0.2, 0.25) is 5.02 Å². The molecule has 1 N–H and O–H groups in total. The van der Waals surface area contributed by atoms with Crippen molar-refractivity contribution in [3.05, 3.63) is 112 Å². The number of aliphatic hydroxyl groups is 1. The standard InChI is InChI=1S/C29H20ClNO4/c30-20-7-4-8-21(16-20)31-26(23-10-3-6-17-5-1-2-9-22(17)23)25(28(33)29(31)34)27(32)19-11-12-24-18(15-19)13-14-35-24/h1-12,15-16,26,32H,13-14H2/b27-25-. The van der Waals surface area contributed by atoms with Gasteiger partial charge in [-0.1, -0.05) is 60.1 Å². The Morgan fingerprint density at radius 2 is 1.74 bits per heavy atom. The number of nitrogens with zero attached hydrogens (tertiary/aromatic N) is 1. The molecule has 1 saturated heterocycles. The summed E-state index contributed by atoms with van der Waals surface area (Å²) >= 11 is 6.25. The van der Waals surface area contributed by atoms with Crippen LogP contribution in [0.5, 0.6) is 5.75 Å². The van der Waals surface area contributed by atoms with Gasteiger partial charge in [-0.25, -0.2) is 0 Å². The Morgan fingerprint density at radius 1 is 0.943 bits per heavy atom. The van der Waals surface area contributed by atoms with Gasteiger partial charge in [0.2, 0.25) is 0 Å². The number of hydrogen-bond donors (Lipinski definition) is 1. The number of benzene rings is 4. The van der Waals surface area contributed by atoms with Crippen LogP contribution in [0.3, 0.4) is 0 Å². The second kappa shape index (κ2) is 8.29. The maximum atomic E-state index is 13.5. The van der Waals surface area contributed by atoms with E-state index in [4.69, 9.17) is 16.3 Å². The summed E-state index contributed by atoms with van der Waals surface area (Å²) in [7, 11) is 0. The van der Waals surface area contributed by atoms with E-state index in [0.29, 0.717) is 22.9 Å². The Balaban J connectivity index is 1.62. The molecule has 1 atom stereocenters. The second-order valence-corrected chi connectivity index (χ2v) is 9.07. The van der Waals surface area contributed by atoms with E-state index in [1.807, 2.05) is 48.5 Å². The summed E-state index contributed by atoms with van der Waals surface area (Å²) < 4.78 is 5.58. The number of amides is 1. The van der Waals surface area contributed by atoms with Crippen molar-refractivity contribution in [2.75, 3.05) is 11.5 Å². The van der Waals surface area contributed by atoms with E-state index < -0.39 is 17.7 Å². The normalized spacial score (nSPS) is 18.7. The molecule has 172 valence electrons. The predicted octanol–water partition coefficient (Wildman–Crippen LogP) is 6.05. The van der Waals surface area contributed by atoms with Crippen molar-refractivity contribution in [3.63, 3.8) is 0 Å². The van der Waals surface area contributed by atoms with Crippen LogP contribution >= 0.6 is 11.6 Å². The molecule has 2 heterocycles. The molecule has 0 aliphatic carbocycles. The third-order valence-electron chi connectivity index (χ3n) is 6.61. The van der Waals surface area contributed by atoms with Crippen molar-refractivity contribution in [1.82, 2.24) is 0 Å². The van der Waals surface area contributed by atoms with Gasteiger partial charge < -0.3 is 9.84 Å². The number of ether oxygens (including phenoxy) is 1. The Kier molecular flexibility index (Phi) is 5.08. The van der Waals surface area contributed by atoms with Crippen LogP contribution in [0.4, 0.5) is 5.69 Å². The van der Waals surface area contributed by atoms with Crippen LogP contribution in [-0.4, -0.2) is 23.4 Å². The number of Topliss-reactive ketones (excluding diaryl/α,β-unsaturated/α-hetero) is 1. The number of hydrogen-bond acceptors (Lipinski definition) is 4. The minimum absolute atomic E-state index is 0.0465. The Hall–Kier alpha value is -4.09. The first-order chi connectivity index (χ1) is 17.0. The minimum atomic E-state index is -0.830. The van der Waals surface area contributed by atoms with Crippen LogP contribution in [0.1, 0.15) is 22.7 Å². The van der Waals surface area contributed by atoms with Crippen LogP contribution in [0.25, 0.3) is 16.5 Å². The molecular weight excluding hydrogens is 462 g/mol. The van der Waals surface area contributed by atoms with Crippen molar-refractivity contribution in [2.45, 2.75) is 12.5 Å². The van der Waals surface area contributed by atoms with Crippen molar-refractivity contribution >= 4 is 45.5 Å². The van der Waals surface area contributed by atoms with Crippen molar-refractivity contribution in [3.8, 4) is 5.75 Å². The molecule has 6 heteroatoms. The quantitative estimate of drug-likeness (QED) is 0.219. The lowest BCUT2D eigenvalue weighted by molar-refractivity contribution is -0.132. The van der Waals surface area contributed by atoms with E-state index in [9.17, 15) is 14.7 Å². The van der Waals surface area contributed by atoms with Crippen molar-refractivity contribution in [2.24, 2.45) is 0 Å². The molecule has 0 bridgehead atoms. The van der Waals surface area contributed by atoms with E-state index >= 15 is 0 Å². The monoisotopic (exact) mass is 481 g/mol. The number of ketones is 1. The van der Waals surface area contributed by atoms with E-state index in [0.717, 1.165) is 34.1 Å². The van der Waals surface area contributed by atoms with Gasteiger partial charge in [-0.15, -0.1) is 0 Å². The van der Waals surface area contributed by atoms with E-state index in [2.05, 4.69) is 0 Å². The number of carbonyl (C=O) groups excluding carboxylic acids is 2. The lowest BCUT2D eigenvalue weighted by Gasteiger charge is -2.26. The van der Waals surface area contributed by atoms with Gasteiger partial charge in [0.1, 0.15) is 11.5 Å². The van der Waals surface area contributed by atoms with Gasteiger partial charge in [0, 0.05) is 22.7 Å². The molecule has 2 aliphatic heterocycles. The van der Waals surface area contributed by atoms with E-state index in [1.165, 1.54) is 4.90 Å². The fourth-order valence-corrected chi connectivity index (χ4v) is 5.18. The lowest BCUT2D eigenvalue weighted by atomic mass is 9.91. The first-order valence-electron chi connectivity index (χ1n) is 11.3. The maximum absolute atomic E-state index is 13.5. The van der Waals surface area contributed by atoms with Gasteiger partial charge in [-0.2, -0.15) is 0 Å². The molecule has 35 heavy (non-hydrogen) atoms. The summed E-state index contributed by atoms with van der Waals surface area (Å²) in [6, 6.07) is 24.9. The molecule has 4 aromatic carbocycles. The largest absolute Gasteiger partial charge is 0.507 e. The maximum Gasteiger partial charge on any atom is 0.300 e. The second-order valence-electron chi connectivity index (χ2n) is 8.64. The predicted molar refractivity (Wildman–Crippen MR) is 136 cm³/mol. The highest BCUT2D eigenvalue weighted by atomic mass is 35.5. The highest BCUT2D eigenvalue weighted by Crippen LogP contribution is 2.45. The third kappa shape index (κ3) is 3.47. The Morgan fingerprint density at radius 3 is 2.60 bits per heavy atom. The highest BCUT2D eigenvalue weighted by Gasteiger charge is 2.47. The summed E-state index contributed by atoms with van der Waals surface area (Å²) in [5.41, 5.74) is 2.71. The molecule has 0 radical (unpaired) electrons. The van der Waals surface area contributed by atoms with Crippen LogP contribution in [-0.2, 0) is 16.0 Å². The summed E-state index contributed by atoms with van der Waals surface area (Å²) in [6.45, 7) is 0.578. The average Bonchev–Trinajstić information content (AvgIpc) is 3.45. The van der Waals surface area contributed by atoms with Gasteiger partial charge in [0.25, 0.3) is 11.7 Å². The van der Waals surface area contributed by atoms with Gasteiger partial charge in [-0.05, 0) is 58.3 Å². The number of halogens is 1. The Labute approximate surface area is 206 Å². The van der Waals surface area contributed by atoms with Crippen LogP contribution < -0.4 is 9.64 Å². The lowest BCUT2D eigenvalue weighted by Crippen LogP contribution is -2.29. The van der Waals surface area contributed by atoms with Gasteiger partial charge in [0.05, 0.1) is 18.2 Å². The molecule has 1 fully saturated rings. The molecule has 1 amide bonds. The molecular formula is C29H20ClNO4. The molecule has 2 aliphatic rings. The molecule has 0 aromatic heterocycles. The number of rotatable bonds is 3. The number of fused-ring (bicyclic) bond motifs is 2. The SMILES string of the molecule is O=C1C(=O)N(c2cccc(Cl)c2)C(c2cccc3ccccc23)/C1=C(/O)c1ccc2c(c1)CCO2. The van der Waals surface area contributed by atoms with Crippen LogP contribution in [0.15, 0.2) is 90.5 Å². The first-order valence-corrected chi connectivity index (χ1v) is 11.7. The molecule has 4 aromatic rings. The number of anilines is 1. The topological polar surface area (TPSA) is 66.8 Å². The van der Waals surface area contributed by atoms with E-state index in [1.54, 1.807) is 36.4 Å². The molecule has 5 nitrogen and oxygen atoms in total. The summed E-state index contributed by atoms with van der Waals surface area (Å²) in [4.78, 5) is 28.3. The molecule has 1 unspecified atom stereocenters. The van der Waals surface area contributed by atoms with Crippen molar-refractivity contribution in [1.29, 1.82) is 0 Å².